The Morgan fingerprint density at radius 1 is 0.784 bits per heavy atom. The molecule has 1 heterocycles. The maximum atomic E-state index is 13.6. The first-order chi connectivity index (χ1) is 17.8. The molecule has 7 heteroatoms. The van der Waals surface area contributed by atoms with E-state index in [-0.39, 0.29) is 23.7 Å². The number of ether oxygens (including phenoxy) is 1. The van der Waals surface area contributed by atoms with Gasteiger partial charge in [-0.3, -0.25) is 24.1 Å². The zero-order chi connectivity index (χ0) is 25.8. The summed E-state index contributed by atoms with van der Waals surface area (Å²) in [6.07, 6.45) is 0. The zero-order valence-corrected chi connectivity index (χ0v) is 20.6. The summed E-state index contributed by atoms with van der Waals surface area (Å²) in [6, 6.07) is 21.4. The average Bonchev–Trinajstić information content (AvgIpc) is 3.15. The van der Waals surface area contributed by atoms with Crippen molar-refractivity contribution in [3.63, 3.8) is 0 Å². The highest BCUT2D eigenvalue weighted by molar-refractivity contribution is 6.09. The van der Waals surface area contributed by atoms with Crippen molar-refractivity contribution in [3.8, 4) is 0 Å². The van der Waals surface area contributed by atoms with Gasteiger partial charge in [-0.05, 0) is 59.4 Å². The second kappa shape index (κ2) is 8.69. The van der Waals surface area contributed by atoms with E-state index in [2.05, 4.69) is 5.32 Å². The Kier molecular flexibility index (Phi) is 5.44. The second-order valence-electron chi connectivity index (χ2n) is 10.0. The quantitative estimate of drug-likeness (QED) is 0.432. The highest BCUT2D eigenvalue weighted by Gasteiger charge is 2.61. The molecule has 4 aliphatic rings. The van der Waals surface area contributed by atoms with Crippen molar-refractivity contribution < 1.29 is 23.9 Å². The van der Waals surface area contributed by atoms with Gasteiger partial charge in [-0.25, -0.2) is 0 Å². The predicted molar refractivity (Wildman–Crippen MR) is 136 cm³/mol. The van der Waals surface area contributed by atoms with E-state index in [1.54, 1.807) is 6.07 Å². The van der Waals surface area contributed by atoms with Crippen molar-refractivity contribution >= 4 is 29.4 Å². The molecule has 1 N–H and O–H groups in total. The van der Waals surface area contributed by atoms with Crippen LogP contribution in [0.4, 0.5) is 5.69 Å². The van der Waals surface area contributed by atoms with Gasteiger partial charge >= 0.3 is 5.97 Å². The van der Waals surface area contributed by atoms with Crippen LogP contribution in [0.3, 0.4) is 0 Å². The van der Waals surface area contributed by atoms with Crippen LogP contribution in [0.25, 0.3) is 0 Å². The number of likely N-dealkylation sites (tertiary alicyclic amines) is 1. The normalized spacial score (nSPS) is 22.8. The highest BCUT2D eigenvalue weighted by Crippen LogP contribution is 2.60. The largest absolute Gasteiger partial charge is 0.454 e. The van der Waals surface area contributed by atoms with Crippen LogP contribution >= 0.6 is 0 Å². The van der Waals surface area contributed by atoms with Gasteiger partial charge in [0, 0.05) is 17.5 Å². The molecule has 0 unspecified atom stereocenters. The van der Waals surface area contributed by atoms with Gasteiger partial charge in [0.2, 0.25) is 11.8 Å². The molecule has 2 atom stereocenters. The van der Waals surface area contributed by atoms with Crippen molar-refractivity contribution in [1.82, 2.24) is 4.90 Å². The Labute approximate surface area is 214 Å². The van der Waals surface area contributed by atoms with E-state index in [1.165, 1.54) is 0 Å². The molecule has 37 heavy (non-hydrogen) atoms. The smallest absolute Gasteiger partial charge is 0.326 e. The molecule has 7 rings (SSSR count). The molecule has 186 valence electrons. The van der Waals surface area contributed by atoms with Crippen LogP contribution in [0.1, 0.15) is 45.2 Å². The first-order valence-corrected chi connectivity index (χ1v) is 12.4. The van der Waals surface area contributed by atoms with Crippen LogP contribution in [0.15, 0.2) is 66.7 Å². The Morgan fingerprint density at radius 3 is 1.78 bits per heavy atom. The Morgan fingerprint density at radius 2 is 1.30 bits per heavy atom. The molecule has 0 saturated carbocycles. The number of hydrogen-bond acceptors (Lipinski definition) is 5. The number of carbonyl (C=O) groups is 4. The number of anilines is 1. The highest BCUT2D eigenvalue weighted by atomic mass is 16.5. The Balaban J connectivity index is 1.17. The molecule has 3 amide bonds. The SMILES string of the molecule is Cc1ccc(NC(=O)COC(=O)CN2C(=O)[C@@H]3C4c5ccccc5C(c5ccccc54)[C@@H]3C2=O)cc1C. The lowest BCUT2D eigenvalue weighted by molar-refractivity contribution is -0.154. The fourth-order valence-corrected chi connectivity index (χ4v) is 6.23. The summed E-state index contributed by atoms with van der Waals surface area (Å²) < 4.78 is 5.14. The molecule has 1 saturated heterocycles. The third kappa shape index (κ3) is 3.65. The molecular formula is C30H26N2O5. The number of hydrogen-bond donors (Lipinski definition) is 1. The van der Waals surface area contributed by atoms with Crippen LogP contribution in [0, 0.1) is 25.7 Å². The van der Waals surface area contributed by atoms with Crippen LogP contribution < -0.4 is 5.32 Å². The number of imide groups is 1. The van der Waals surface area contributed by atoms with Gasteiger partial charge in [-0.2, -0.15) is 0 Å². The number of esters is 1. The number of carbonyl (C=O) groups excluding carboxylic acids is 4. The fraction of sp³-hybridized carbons (Fsp3) is 0.267. The molecule has 3 aromatic rings. The number of nitrogens with zero attached hydrogens (tertiary/aromatic N) is 1. The monoisotopic (exact) mass is 494 g/mol. The predicted octanol–water partition coefficient (Wildman–Crippen LogP) is 3.68. The summed E-state index contributed by atoms with van der Waals surface area (Å²) in [4.78, 5) is 53.0. The average molecular weight is 495 g/mol. The zero-order valence-electron chi connectivity index (χ0n) is 20.6. The summed E-state index contributed by atoms with van der Waals surface area (Å²) in [6.45, 7) is 2.91. The molecule has 3 aliphatic carbocycles. The van der Waals surface area contributed by atoms with E-state index in [0.717, 1.165) is 38.3 Å². The minimum Gasteiger partial charge on any atom is -0.454 e. The van der Waals surface area contributed by atoms with Crippen molar-refractivity contribution in [2.75, 3.05) is 18.5 Å². The van der Waals surface area contributed by atoms with Gasteiger partial charge in [-0.15, -0.1) is 0 Å². The number of aryl methyl sites for hydroxylation is 2. The molecule has 0 spiro atoms. The first-order valence-electron chi connectivity index (χ1n) is 12.4. The van der Waals surface area contributed by atoms with Crippen molar-refractivity contribution in [2.45, 2.75) is 25.7 Å². The molecule has 1 aliphatic heterocycles. The summed E-state index contributed by atoms with van der Waals surface area (Å²) in [5.41, 5.74) is 7.02. The van der Waals surface area contributed by atoms with Crippen LogP contribution in [-0.2, 0) is 23.9 Å². The van der Waals surface area contributed by atoms with E-state index in [9.17, 15) is 19.2 Å². The molecular weight excluding hydrogens is 468 g/mol. The third-order valence-electron chi connectivity index (χ3n) is 7.98. The summed E-state index contributed by atoms with van der Waals surface area (Å²) >= 11 is 0. The summed E-state index contributed by atoms with van der Waals surface area (Å²) in [7, 11) is 0. The minimum atomic E-state index is -0.794. The third-order valence-corrected chi connectivity index (χ3v) is 7.98. The van der Waals surface area contributed by atoms with Gasteiger partial charge in [0.05, 0.1) is 11.8 Å². The lowest BCUT2D eigenvalue weighted by Crippen LogP contribution is -2.41. The van der Waals surface area contributed by atoms with E-state index < -0.39 is 36.9 Å². The van der Waals surface area contributed by atoms with Crippen molar-refractivity contribution in [3.05, 3.63) is 100 Å². The number of rotatable bonds is 5. The number of benzene rings is 3. The Bertz CT molecular complexity index is 1360. The summed E-state index contributed by atoms with van der Waals surface area (Å²) in [5.74, 6) is -3.57. The van der Waals surface area contributed by atoms with Gasteiger partial charge in [0.25, 0.3) is 5.91 Å². The number of nitrogens with one attached hydrogen (secondary N) is 1. The first kappa shape index (κ1) is 23.2. The molecule has 1 fully saturated rings. The standard InChI is InChI=1S/C30H26N2O5/c1-16-11-12-18(13-17(16)2)31-23(33)15-37-24(34)14-32-29(35)27-25-19-7-3-4-8-20(19)26(28(27)30(32)36)22-10-6-5-9-21(22)25/h3-13,25-28H,14-15H2,1-2H3,(H,31,33)/t25?,26?,27-,28+. The van der Waals surface area contributed by atoms with E-state index in [0.29, 0.717) is 5.69 Å². The minimum absolute atomic E-state index is 0.233. The Hall–Kier alpha value is -4.26. The van der Waals surface area contributed by atoms with Gasteiger partial charge in [0.1, 0.15) is 6.54 Å². The maximum Gasteiger partial charge on any atom is 0.326 e. The lowest BCUT2D eigenvalue weighted by atomic mass is 9.55. The van der Waals surface area contributed by atoms with Crippen LogP contribution in [0.2, 0.25) is 0 Å². The molecule has 7 nitrogen and oxygen atoms in total. The number of amides is 3. The van der Waals surface area contributed by atoms with E-state index in [4.69, 9.17) is 4.74 Å². The summed E-state index contributed by atoms with van der Waals surface area (Å²) in [5, 5.41) is 2.69. The molecule has 0 radical (unpaired) electrons. The van der Waals surface area contributed by atoms with E-state index >= 15 is 0 Å². The van der Waals surface area contributed by atoms with Crippen LogP contribution in [-0.4, -0.2) is 41.7 Å². The van der Waals surface area contributed by atoms with Gasteiger partial charge in [0.15, 0.2) is 6.61 Å². The maximum absolute atomic E-state index is 13.6. The second-order valence-corrected chi connectivity index (χ2v) is 10.0. The van der Waals surface area contributed by atoms with E-state index in [1.807, 2.05) is 74.5 Å². The topological polar surface area (TPSA) is 92.8 Å². The van der Waals surface area contributed by atoms with Gasteiger partial charge in [-0.1, -0.05) is 54.6 Å². The lowest BCUT2D eigenvalue weighted by Gasteiger charge is -2.45. The molecule has 3 aromatic carbocycles. The molecule has 2 bridgehead atoms. The van der Waals surface area contributed by atoms with Crippen LogP contribution in [0.5, 0.6) is 0 Å². The fourth-order valence-electron chi connectivity index (χ4n) is 6.23. The van der Waals surface area contributed by atoms with Crippen molar-refractivity contribution in [1.29, 1.82) is 0 Å². The van der Waals surface area contributed by atoms with Crippen molar-refractivity contribution in [2.24, 2.45) is 11.8 Å². The van der Waals surface area contributed by atoms with Gasteiger partial charge < -0.3 is 10.1 Å². The molecule has 0 aromatic heterocycles.